The molecule has 106 valence electrons. The molecule has 0 aliphatic rings. The largest absolute Gasteiger partial charge is 0.497 e. The van der Waals surface area contributed by atoms with Crippen molar-refractivity contribution >= 4 is 11.8 Å². The average molecular weight is 297 g/mol. The van der Waals surface area contributed by atoms with Crippen LogP contribution in [0, 0.1) is 0 Å². The number of oxazole rings is 1. The molecule has 0 spiro atoms. The van der Waals surface area contributed by atoms with Gasteiger partial charge in [-0.05, 0) is 36.4 Å². The summed E-state index contributed by atoms with van der Waals surface area (Å²) in [5, 5.41) is 0. The summed E-state index contributed by atoms with van der Waals surface area (Å²) in [6, 6.07) is 17.9. The van der Waals surface area contributed by atoms with Crippen molar-refractivity contribution in [3.8, 4) is 17.2 Å². The molecule has 4 heteroatoms. The van der Waals surface area contributed by atoms with Gasteiger partial charge >= 0.3 is 0 Å². The van der Waals surface area contributed by atoms with E-state index in [9.17, 15) is 0 Å². The number of hydrogen-bond donors (Lipinski definition) is 0. The minimum atomic E-state index is 0.668. The molecule has 1 heterocycles. The SMILES string of the molecule is COc1ccc(SCc2coc(-c3ccccc3)n2)cc1. The maximum absolute atomic E-state index is 5.53. The van der Waals surface area contributed by atoms with Crippen LogP contribution < -0.4 is 4.74 Å². The van der Waals surface area contributed by atoms with Crippen LogP contribution in [0.15, 0.2) is 70.2 Å². The van der Waals surface area contributed by atoms with Crippen molar-refractivity contribution in [2.24, 2.45) is 0 Å². The first kappa shape index (κ1) is 13.8. The van der Waals surface area contributed by atoms with Crippen molar-refractivity contribution in [2.75, 3.05) is 7.11 Å². The number of rotatable bonds is 5. The molecule has 3 aromatic rings. The standard InChI is InChI=1S/C17H15NO2S/c1-19-15-7-9-16(10-8-15)21-12-14-11-20-17(18-14)13-5-3-2-4-6-13/h2-11H,12H2,1H3. The summed E-state index contributed by atoms with van der Waals surface area (Å²) in [7, 11) is 1.67. The van der Waals surface area contributed by atoms with Crippen molar-refractivity contribution in [3.05, 3.63) is 66.6 Å². The predicted octanol–water partition coefficient (Wildman–Crippen LogP) is 4.64. The molecule has 2 aromatic carbocycles. The van der Waals surface area contributed by atoms with E-state index in [1.807, 2.05) is 54.6 Å². The molecular formula is C17H15NO2S. The highest BCUT2D eigenvalue weighted by Crippen LogP contribution is 2.26. The zero-order chi connectivity index (χ0) is 14.5. The minimum absolute atomic E-state index is 0.668. The van der Waals surface area contributed by atoms with Gasteiger partial charge in [0.25, 0.3) is 0 Å². The predicted molar refractivity (Wildman–Crippen MR) is 84.5 cm³/mol. The molecule has 0 aliphatic heterocycles. The molecule has 21 heavy (non-hydrogen) atoms. The Bertz CT molecular complexity index is 692. The van der Waals surface area contributed by atoms with Crippen LogP contribution in [0.4, 0.5) is 0 Å². The molecule has 0 saturated heterocycles. The van der Waals surface area contributed by atoms with Gasteiger partial charge in [0.2, 0.25) is 5.89 Å². The minimum Gasteiger partial charge on any atom is -0.497 e. The summed E-state index contributed by atoms with van der Waals surface area (Å²) in [6.45, 7) is 0. The van der Waals surface area contributed by atoms with E-state index in [1.165, 1.54) is 4.90 Å². The van der Waals surface area contributed by atoms with E-state index >= 15 is 0 Å². The van der Waals surface area contributed by atoms with E-state index in [4.69, 9.17) is 9.15 Å². The van der Waals surface area contributed by atoms with Crippen LogP contribution in [-0.2, 0) is 5.75 Å². The van der Waals surface area contributed by atoms with Crippen LogP contribution >= 0.6 is 11.8 Å². The van der Waals surface area contributed by atoms with Crippen molar-refractivity contribution in [3.63, 3.8) is 0 Å². The molecule has 0 bridgehead atoms. The Balaban J connectivity index is 1.64. The van der Waals surface area contributed by atoms with Crippen LogP contribution in [0.3, 0.4) is 0 Å². The lowest BCUT2D eigenvalue weighted by atomic mass is 10.2. The van der Waals surface area contributed by atoms with Crippen LogP contribution in [0.1, 0.15) is 5.69 Å². The number of ether oxygens (including phenoxy) is 1. The highest BCUT2D eigenvalue weighted by molar-refractivity contribution is 7.98. The Hall–Kier alpha value is -2.20. The number of hydrogen-bond acceptors (Lipinski definition) is 4. The lowest BCUT2D eigenvalue weighted by Gasteiger charge is -2.01. The number of aromatic nitrogens is 1. The Labute approximate surface area is 128 Å². The number of benzene rings is 2. The molecule has 0 unspecified atom stereocenters. The van der Waals surface area contributed by atoms with Crippen LogP contribution in [-0.4, -0.2) is 12.1 Å². The molecule has 0 aliphatic carbocycles. The summed E-state index contributed by atoms with van der Waals surface area (Å²) in [6.07, 6.45) is 1.72. The second-order valence-electron chi connectivity index (χ2n) is 4.47. The van der Waals surface area contributed by atoms with Gasteiger partial charge in [-0.3, -0.25) is 0 Å². The Morgan fingerprint density at radius 3 is 2.52 bits per heavy atom. The van der Waals surface area contributed by atoms with Crippen LogP contribution in [0.25, 0.3) is 11.5 Å². The van der Waals surface area contributed by atoms with E-state index in [0.29, 0.717) is 5.89 Å². The topological polar surface area (TPSA) is 35.3 Å². The van der Waals surface area contributed by atoms with Gasteiger partial charge in [-0.25, -0.2) is 4.98 Å². The van der Waals surface area contributed by atoms with E-state index in [2.05, 4.69) is 4.98 Å². The molecular weight excluding hydrogens is 282 g/mol. The fourth-order valence-corrected chi connectivity index (χ4v) is 2.69. The number of thioether (sulfide) groups is 1. The second-order valence-corrected chi connectivity index (χ2v) is 5.52. The molecule has 3 rings (SSSR count). The Morgan fingerprint density at radius 2 is 1.81 bits per heavy atom. The smallest absolute Gasteiger partial charge is 0.226 e. The molecule has 0 radical (unpaired) electrons. The third-order valence-corrected chi connectivity index (χ3v) is 4.06. The second kappa shape index (κ2) is 6.50. The summed E-state index contributed by atoms with van der Waals surface area (Å²) in [5.41, 5.74) is 1.94. The molecule has 1 aromatic heterocycles. The molecule has 0 atom stereocenters. The maximum atomic E-state index is 5.53. The maximum Gasteiger partial charge on any atom is 0.226 e. The third kappa shape index (κ3) is 3.47. The first-order valence-electron chi connectivity index (χ1n) is 6.62. The van der Waals surface area contributed by atoms with Crippen molar-refractivity contribution in [1.29, 1.82) is 0 Å². The Morgan fingerprint density at radius 1 is 1.05 bits per heavy atom. The summed E-state index contributed by atoms with van der Waals surface area (Å²) in [4.78, 5) is 5.70. The monoisotopic (exact) mass is 297 g/mol. The molecule has 3 nitrogen and oxygen atoms in total. The zero-order valence-corrected chi connectivity index (χ0v) is 12.5. The van der Waals surface area contributed by atoms with Gasteiger partial charge in [0.05, 0.1) is 12.8 Å². The van der Waals surface area contributed by atoms with E-state index in [1.54, 1.807) is 25.1 Å². The normalized spacial score (nSPS) is 10.5. The lowest BCUT2D eigenvalue weighted by Crippen LogP contribution is -1.83. The van der Waals surface area contributed by atoms with Gasteiger partial charge < -0.3 is 9.15 Å². The van der Waals surface area contributed by atoms with Gasteiger partial charge in [-0.2, -0.15) is 0 Å². The molecule has 0 saturated carbocycles. The van der Waals surface area contributed by atoms with Crippen LogP contribution in [0.5, 0.6) is 5.75 Å². The van der Waals surface area contributed by atoms with Gasteiger partial charge in [0.15, 0.2) is 0 Å². The summed E-state index contributed by atoms with van der Waals surface area (Å²) < 4.78 is 10.7. The van der Waals surface area contributed by atoms with Gasteiger partial charge in [0, 0.05) is 16.2 Å². The Kier molecular flexibility index (Phi) is 4.26. The number of methoxy groups -OCH3 is 1. The quantitative estimate of drug-likeness (QED) is 0.642. The zero-order valence-electron chi connectivity index (χ0n) is 11.7. The van der Waals surface area contributed by atoms with Gasteiger partial charge in [0.1, 0.15) is 12.0 Å². The first-order chi connectivity index (χ1) is 10.3. The van der Waals surface area contributed by atoms with Crippen molar-refractivity contribution in [2.45, 2.75) is 10.6 Å². The lowest BCUT2D eigenvalue weighted by molar-refractivity contribution is 0.414. The third-order valence-electron chi connectivity index (χ3n) is 3.02. The average Bonchev–Trinajstić information content (AvgIpc) is 3.03. The number of nitrogens with zero attached hydrogens (tertiary/aromatic N) is 1. The highest BCUT2D eigenvalue weighted by Gasteiger charge is 2.06. The highest BCUT2D eigenvalue weighted by atomic mass is 32.2. The van der Waals surface area contributed by atoms with E-state index < -0.39 is 0 Å². The van der Waals surface area contributed by atoms with Gasteiger partial charge in [-0.1, -0.05) is 18.2 Å². The molecule has 0 fully saturated rings. The summed E-state index contributed by atoms with van der Waals surface area (Å²) >= 11 is 1.72. The fraction of sp³-hybridized carbons (Fsp3) is 0.118. The summed E-state index contributed by atoms with van der Waals surface area (Å²) in [5.74, 6) is 2.32. The molecule has 0 N–H and O–H groups in total. The van der Waals surface area contributed by atoms with Crippen molar-refractivity contribution in [1.82, 2.24) is 4.98 Å². The van der Waals surface area contributed by atoms with Crippen LogP contribution in [0.2, 0.25) is 0 Å². The first-order valence-corrected chi connectivity index (χ1v) is 7.60. The van der Waals surface area contributed by atoms with Crippen molar-refractivity contribution < 1.29 is 9.15 Å². The molecule has 0 amide bonds. The van der Waals surface area contributed by atoms with E-state index in [0.717, 1.165) is 22.8 Å². The van der Waals surface area contributed by atoms with E-state index in [-0.39, 0.29) is 0 Å². The fourth-order valence-electron chi connectivity index (χ4n) is 1.92. The van der Waals surface area contributed by atoms with Gasteiger partial charge in [-0.15, -0.1) is 11.8 Å².